The van der Waals surface area contributed by atoms with Gasteiger partial charge in [0.15, 0.2) is 0 Å². The van der Waals surface area contributed by atoms with E-state index in [4.69, 9.17) is 5.11 Å². The predicted octanol–water partition coefficient (Wildman–Crippen LogP) is 2.12. The van der Waals surface area contributed by atoms with Gasteiger partial charge < -0.3 is 10.0 Å². The third kappa shape index (κ3) is 3.56. The molecule has 23 heavy (non-hydrogen) atoms. The smallest absolute Gasteiger partial charge is 0.323 e. The van der Waals surface area contributed by atoms with Gasteiger partial charge in [0.1, 0.15) is 12.4 Å². The van der Waals surface area contributed by atoms with E-state index < -0.39 is 5.97 Å². The minimum absolute atomic E-state index is 0.288. The van der Waals surface area contributed by atoms with Crippen molar-refractivity contribution in [1.82, 2.24) is 14.7 Å². The summed E-state index contributed by atoms with van der Waals surface area (Å²) in [7, 11) is 0. The van der Waals surface area contributed by atoms with Gasteiger partial charge in [-0.15, -0.1) is 0 Å². The van der Waals surface area contributed by atoms with Crippen LogP contribution in [0.1, 0.15) is 29.9 Å². The molecule has 0 aliphatic rings. The molecule has 1 aromatic carbocycles. The average Bonchev–Trinajstić information content (AvgIpc) is 2.96. The first-order valence-electron chi connectivity index (χ1n) is 7.31. The summed E-state index contributed by atoms with van der Waals surface area (Å²) in [6, 6.07) is 5.79. The van der Waals surface area contributed by atoms with Crippen LogP contribution in [0, 0.1) is 5.82 Å². The number of carbonyl (C=O) groups excluding carboxylic acids is 1. The summed E-state index contributed by atoms with van der Waals surface area (Å²) in [5.41, 5.74) is 1.66. The zero-order valence-electron chi connectivity index (χ0n) is 13.0. The Morgan fingerprint density at radius 2 is 1.91 bits per heavy atom. The summed E-state index contributed by atoms with van der Waals surface area (Å²) in [4.78, 5) is 24.6. The number of aromatic nitrogens is 2. The van der Waals surface area contributed by atoms with Crippen molar-refractivity contribution in [2.45, 2.75) is 20.3 Å². The molecule has 0 spiro atoms. The fourth-order valence-electron chi connectivity index (χ4n) is 2.36. The lowest BCUT2D eigenvalue weighted by molar-refractivity contribution is -0.137. The van der Waals surface area contributed by atoms with Gasteiger partial charge in [-0.25, -0.2) is 9.07 Å². The van der Waals surface area contributed by atoms with Gasteiger partial charge >= 0.3 is 5.97 Å². The highest BCUT2D eigenvalue weighted by atomic mass is 19.1. The van der Waals surface area contributed by atoms with Crippen LogP contribution in [-0.2, 0) is 11.2 Å². The highest BCUT2D eigenvalue weighted by Crippen LogP contribution is 2.18. The predicted molar refractivity (Wildman–Crippen MR) is 82.1 cm³/mol. The van der Waals surface area contributed by atoms with Gasteiger partial charge in [-0.05, 0) is 37.6 Å². The number of carboxylic acid groups (broad SMARTS) is 1. The van der Waals surface area contributed by atoms with Crippen LogP contribution < -0.4 is 0 Å². The second-order valence-corrected chi connectivity index (χ2v) is 4.96. The van der Waals surface area contributed by atoms with Crippen molar-refractivity contribution in [1.29, 1.82) is 0 Å². The fraction of sp³-hybridized carbons (Fsp3) is 0.312. The van der Waals surface area contributed by atoms with Gasteiger partial charge in [0.05, 0.1) is 23.1 Å². The third-order valence-corrected chi connectivity index (χ3v) is 3.50. The Morgan fingerprint density at radius 3 is 2.43 bits per heavy atom. The molecule has 7 heteroatoms. The van der Waals surface area contributed by atoms with Crippen LogP contribution in [0.15, 0.2) is 30.5 Å². The molecule has 0 saturated carbocycles. The van der Waals surface area contributed by atoms with E-state index in [1.54, 1.807) is 23.7 Å². The Hall–Kier alpha value is -2.70. The first-order chi connectivity index (χ1) is 11.0. The number of hydrogen-bond acceptors (Lipinski definition) is 3. The first kappa shape index (κ1) is 16.7. The largest absolute Gasteiger partial charge is 0.480 e. The molecule has 0 saturated heterocycles. The summed E-state index contributed by atoms with van der Waals surface area (Å²) in [6.07, 6.45) is 1.96. The molecule has 2 aromatic rings. The molecule has 0 radical (unpaired) electrons. The SMILES string of the molecule is CCc1c(C(=O)N(CC)CC(=O)O)cnn1-c1ccc(F)cc1. The van der Waals surface area contributed by atoms with Gasteiger partial charge in [-0.1, -0.05) is 6.92 Å². The van der Waals surface area contributed by atoms with Crippen LogP contribution in [0.3, 0.4) is 0 Å². The Kier molecular flexibility index (Phi) is 5.10. The van der Waals surface area contributed by atoms with Crippen molar-refractivity contribution in [3.05, 3.63) is 47.5 Å². The lowest BCUT2D eigenvalue weighted by Gasteiger charge is -2.18. The lowest BCUT2D eigenvalue weighted by Crippen LogP contribution is -2.35. The number of aliphatic carboxylic acids is 1. The molecular formula is C16H18FN3O3. The van der Waals surface area contributed by atoms with Crippen LogP contribution >= 0.6 is 0 Å². The Labute approximate surface area is 133 Å². The Morgan fingerprint density at radius 1 is 1.26 bits per heavy atom. The van der Waals surface area contributed by atoms with E-state index in [-0.39, 0.29) is 24.8 Å². The van der Waals surface area contributed by atoms with Crippen molar-refractivity contribution in [3.63, 3.8) is 0 Å². The number of amides is 1. The van der Waals surface area contributed by atoms with E-state index in [0.717, 1.165) is 0 Å². The molecule has 0 aliphatic carbocycles. The summed E-state index contributed by atoms with van der Waals surface area (Å²) in [5.74, 6) is -1.79. The fourth-order valence-corrected chi connectivity index (χ4v) is 2.36. The van der Waals surface area contributed by atoms with Gasteiger partial charge in [-0.3, -0.25) is 9.59 Å². The maximum Gasteiger partial charge on any atom is 0.323 e. The van der Waals surface area contributed by atoms with Crippen LogP contribution in [-0.4, -0.2) is 44.8 Å². The van der Waals surface area contributed by atoms with Crippen molar-refractivity contribution in [2.24, 2.45) is 0 Å². The summed E-state index contributed by atoms with van der Waals surface area (Å²) < 4.78 is 14.6. The van der Waals surface area contributed by atoms with E-state index in [1.807, 2.05) is 6.92 Å². The highest BCUT2D eigenvalue weighted by Gasteiger charge is 2.23. The van der Waals surface area contributed by atoms with Crippen LogP contribution in [0.5, 0.6) is 0 Å². The zero-order chi connectivity index (χ0) is 17.0. The summed E-state index contributed by atoms with van der Waals surface area (Å²) in [6.45, 7) is 3.52. The van der Waals surface area contributed by atoms with E-state index in [9.17, 15) is 14.0 Å². The van der Waals surface area contributed by atoms with E-state index >= 15 is 0 Å². The second kappa shape index (κ2) is 7.04. The molecule has 0 atom stereocenters. The molecule has 1 heterocycles. The quantitative estimate of drug-likeness (QED) is 0.885. The molecule has 1 N–H and O–H groups in total. The van der Waals surface area contributed by atoms with Crippen molar-refractivity contribution < 1.29 is 19.1 Å². The van der Waals surface area contributed by atoms with Crippen LogP contribution in [0.25, 0.3) is 5.69 Å². The van der Waals surface area contributed by atoms with Crippen LogP contribution in [0.2, 0.25) is 0 Å². The maximum absolute atomic E-state index is 13.0. The molecule has 1 amide bonds. The Bertz CT molecular complexity index is 710. The standard InChI is InChI=1S/C16H18FN3O3/c1-3-14-13(16(23)19(4-2)10-15(21)22)9-18-20(14)12-7-5-11(17)6-8-12/h5-9H,3-4,10H2,1-2H3,(H,21,22). The van der Waals surface area contributed by atoms with E-state index in [2.05, 4.69) is 5.10 Å². The minimum atomic E-state index is -1.07. The van der Waals surface area contributed by atoms with Crippen molar-refractivity contribution >= 4 is 11.9 Å². The number of rotatable bonds is 6. The van der Waals surface area contributed by atoms with Gasteiger partial charge in [0, 0.05) is 6.54 Å². The number of benzene rings is 1. The molecule has 0 unspecified atom stereocenters. The molecule has 0 bridgehead atoms. The molecule has 2 rings (SSSR count). The molecular weight excluding hydrogens is 301 g/mol. The number of carbonyl (C=O) groups is 2. The lowest BCUT2D eigenvalue weighted by atomic mass is 10.1. The van der Waals surface area contributed by atoms with Gasteiger partial charge in [-0.2, -0.15) is 5.10 Å². The van der Waals surface area contributed by atoms with Crippen molar-refractivity contribution in [2.75, 3.05) is 13.1 Å². The number of nitrogens with zero attached hydrogens (tertiary/aromatic N) is 3. The number of hydrogen-bond donors (Lipinski definition) is 1. The molecule has 0 fully saturated rings. The number of likely N-dealkylation sites (N-methyl/N-ethyl adjacent to an activating group) is 1. The highest BCUT2D eigenvalue weighted by molar-refractivity contribution is 5.96. The monoisotopic (exact) mass is 319 g/mol. The third-order valence-electron chi connectivity index (χ3n) is 3.50. The average molecular weight is 319 g/mol. The number of carboxylic acids is 1. The zero-order valence-corrected chi connectivity index (χ0v) is 13.0. The summed E-state index contributed by atoms with van der Waals surface area (Å²) in [5, 5.41) is 13.1. The normalized spacial score (nSPS) is 10.6. The first-order valence-corrected chi connectivity index (χ1v) is 7.31. The maximum atomic E-state index is 13.0. The molecule has 1 aromatic heterocycles. The molecule has 0 aliphatic heterocycles. The van der Waals surface area contributed by atoms with Crippen LogP contribution in [0.4, 0.5) is 4.39 Å². The number of halogens is 1. The second-order valence-electron chi connectivity index (χ2n) is 4.96. The summed E-state index contributed by atoms with van der Waals surface area (Å²) >= 11 is 0. The molecule has 122 valence electrons. The van der Waals surface area contributed by atoms with Gasteiger partial charge in [0.25, 0.3) is 5.91 Å². The van der Waals surface area contributed by atoms with E-state index in [0.29, 0.717) is 23.4 Å². The minimum Gasteiger partial charge on any atom is -0.480 e. The van der Waals surface area contributed by atoms with Gasteiger partial charge in [0.2, 0.25) is 0 Å². The topological polar surface area (TPSA) is 75.4 Å². The van der Waals surface area contributed by atoms with E-state index in [1.165, 1.54) is 23.2 Å². The Balaban J connectivity index is 2.39. The molecule has 6 nitrogen and oxygen atoms in total. The van der Waals surface area contributed by atoms with Crippen molar-refractivity contribution in [3.8, 4) is 5.69 Å².